The first-order chi connectivity index (χ1) is 8.06. The summed E-state index contributed by atoms with van der Waals surface area (Å²) in [5, 5.41) is 9.30. The van der Waals surface area contributed by atoms with Crippen LogP contribution in [0.4, 0.5) is 0 Å². The Morgan fingerprint density at radius 2 is 2.29 bits per heavy atom. The van der Waals surface area contributed by atoms with E-state index in [4.69, 9.17) is 9.84 Å². The van der Waals surface area contributed by atoms with E-state index in [9.17, 15) is 9.59 Å². The first kappa shape index (κ1) is 13.7. The van der Waals surface area contributed by atoms with Crippen molar-refractivity contribution in [1.29, 1.82) is 0 Å². The number of H-pyrrole nitrogens is 1. The molecule has 0 saturated carbocycles. The van der Waals surface area contributed by atoms with Crippen molar-refractivity contribution in [2.45, 2.75) is 18.4 Å². The maximum Gasteiger partial charge on any atom is 0.346 e. The molecule has 0 fully saturated rings. The number of carboxylic acids is 1. The molecule has 0 amide bonds. The van der Waals surface area contributed by atoms with Crippen LogP contribution in [0.1, 0.15) is 22.5 Å². The normalized spacial score (nSPS) is 10.5. The molecule has 0 saturated heterocycles. The number of hydrogen-bond donors (Lipinski definition) is 2. The second-order valence-electron chi connectivity index (χ2n) is 3.35. The zero-order chi connectivity index (χ0) is 12.8. The number of carboxylic acid groups (broad SMARTS) is 1. The van der Waals surface area contributed by atoms with E-state index in [1.54, 1.807) is 14.0 Å². The van der Waals surface area contributed by atoms with Gasteiger partial charge < -0.3 is 14.8 Å². The SMILES string of the molecule is COCCCSc1nc(=O)[nH]c(C)c1C(=O)O. The highest BCUT2D eigenvalue weighted by Crippen LogP contribution is 2.21. The topological polar surface area (TPSA) is 92.3 Å². The zero-order valence-corrected chi connectivity index (χ0v) is 10.5. The molecule has 1 aromatic heterocycles. The fourth-order valence-corrected chi connectivity index (χ4v) is 2.28. The maximum absolute atomic E-state index is 11.2. The Balaban J connectivity index is 2.89. The predicted octanol–water partition coefficient (Wildman–Crippen LogP) is 0.905. The molecule has 17 heavy (non-hydrogen) atoms. The molecule has 0 aliphatic carbocycles. The fourth-order valence-electron chi connectivity index (χ4n) is 1.29. The molecular formula is C10H14N2O4S. The molecule has 1 heterocycles. The first-order valence-electron chi connectivity index (χ1n) is 5.02. The Bertz CT molecular complexity index is 458. The van der Waals surface area contributed by atoms with E-state index in [0.29, 0.717) is 18.1 Å². The van der Waals surface area contributed by atoms with Gasteiger partial charge in [0.05, 0.1) is 0 Å². The molecule has 0 spiro atoms. The van der Waals surface area contributed by atoms with E-state index in [2.05, 4.69) is 9.97 Å². The molecule has 0 atom stereocenters. The van der Waals surface area contributed by atoms with Crippen LogP contribution < -0.4 is 5.69 Å². The standard InChI is InChI=1S/C10H14N2O4S/c1-6-7(9(13)14)8(12-10(15)11-6)17-5-3-4-16-2/h3-5H2,1-2H3,(H,13,14)(H,11,12,15). The lowest BCUT2D eigenvalue weighted by Crippen LogP contribution is -2.18. The van der Waals surface area contributed by atoms with Crippen LogP contribution in [0, 0.1) is 6.92 Å². The van der Waals surface area contributed by atoms with Crippen molar-refractivity contribution < 1.29 is 14.6 Å². The predicted molar refractivity (Wildman–Crippen MR) is 63.8 cm³/mol. The van der Waals surface area contributed by atoms with E-state index in [0.717, 1.165) is 6.42 Å². The summed E-state index contributed by atoms with van der Waals surface area (Å²) in [4.78, 5) is 28.3. The summed E-state index contributed by atoms with van der Waals surface area (Å²) in [5.74, 6) is -0.426. The van der Waals surface area contributed by atoms with Gasteiger partial charge in [-0.3, -0.25) is 0 Å². The van der Waals surface area contributed by atoms with Crippen molar-refractivity contribution in [2.75, 3.05) is 19.5 Å². The van der Waals surface area contributed by atoms with Crippen LogP contribution in [-0.2, 0) is 4.74 Å². The van der Waals surface area contributed by atoms with Gasteiger partial charge in [-0.15, -0.1) is 11.8 Å². The Morgan fingerprint density at radius 1 is 1.59 bits per heavy atom. The van der Waals surface area contributed by atoms with Gasteiger partial charge in [0.2, 0.25) is 0 Å². The van der Waals surface area contributed by atoms with Crippen LogP contribution >= 0.6 is 11.8 Å². The number of hydrogen-bond acceptors (Lipinski definition) is 5. The molecule has 2 N–H and O–H groups in total. The quantitative estimate of drug-likeness (QED) is 0.447. The summed E-state index contributed by atoms with van der Waals surface area (Å²) in [6, 6.07) is 0. The van der Waals surface area contributed by atoms with E-state index in [1.807, 2.05) is 0 Å². The summed E-state index contributed by atoms with van der Waals surface area (Å²) in [5.41, 5.74) is -0.138. The van der Waals surface area contributed by atoms with Gasteiger partial charge >= 0.3 is 11.7 Å². The van der Waals surface area contributed by atoms with E-state index >= 15 is 0 Å². The Labute approximate surface area is 102 Å². The van der Waals surface area contributed by atoms with E-state index in [1.165, 1.54) is 11.8 Å². The summed E-state index contributed by atoms with van der Waals surface area (Å²) < 4.78 is 4.89. The van der Waals surface area contributed by atoms with Crippen LogP contribution in [0.2, 0.25) is 0 Å². The molecule has 0 unspecified atom stereocenters. The number of aryl methyl sites for hydroxylation is 1. The summed E-state index contributed by atoms with van der Waals surface area (Å²) in [6.45, 7) is 2.14. The summed E-state index contributed by atoms with van der Waals surface area (Å²) >= 11 is 1.25. The van der Waals surface area contributed by atoms with Gasteiger partial charge in [-0.05, 0) is 13.3 Å². The van der Waals surface area contributed by atoms with Crippen molar-refractivity contribution in [1.82, 2.24) is 9.97 Å². The van der Waals surface area contributed by atoms with E-state index < -0.39 is 11.7 Å². The number of nitrogens with zero attached hydrogens (tertiary/aromatic N) is 1. The van der Waals surface area contributed by atoms with Crippen LogP contribution in [0.5, 0.6) is 0 Å². The van der Waals surface area contributed by atoms with Crippen molar-refractivity contribution >= 4 is 17.7 Å². The van der Waals surface area contributed by atoms with Gasteiger partial charge in [0, 0.05) is 25.2 Å². The fraction of sp³-hybridized carbons (Fsp3) is 0.500. The minimum Gasteiger partial charge on any atom is -0.478 e. The smallest absolute Gasteiger partial charge is 0.346 e. The monoisotopic (exact) mass is 258 g/mol. The molecular weight excluding hydrogens is 244 g/mol. The maximum atomic E-state index is 11.2. The average molecular weight is 258 g/mol. The third-order valence-electron chi connectivity index (χ3n) is 2.03. The molecule has 0 aliphatic heterocycles. The number of ether oxygens (including phenoxy) is 1. The van der Waals surface area contributed by atoms with Gasteiger partial charge in [0.15, 0.2) is 0 Å². The van der Waals surface area contributed by atoms with Crippen LogP contribution in [0.3, 0.4) is 0 Å². The average Bonchev–Trinajstić information content (AvgIpc) is 2.22. The molecule has 0 aliphatic rings. The second kappa shape index (κ2) is 6.41. The Hall–Kier alpha value is -1.34. The van der Waals surface area contributed by atoms with Crippen molar-refractivity contribution in [3.8, 4) is 0 Å². The Morgan fingerprint density at radius 3 is 2.88 bits per heavy atom. The number of aromatic nitrogens is 2. The number of methoxy groups -OCH3 is 1. The number of aromatic amines is 1. The number of rotatable bonds is 6. The van der Waals surface area contributed by atoms with Crippen molar-refractivity contribution in [3.63, 3.8) is 0 Å². The largest absolute Gasteiger partial charge is 0.478 e. The lowest BCUT2D eigenvalue weighted by Gasteiger charge is -2.06. The molecule has 1 aromatic rings. The lowest BCUT2D eigenvalue weighted by molar-refractivity contribution is 0.0690. The van der Waals surface area contributed by atoms with Crippen LogP contribution in [0.15, 0.2) is 9.82 Å². The number of carbonyl (C=O) groups is 1. The summed E-state index contributed by atoms with van der Waals surface area (Å²) in [6.07, 6.45) is 0.772. The van der Waals surface area contributed by atoms with Gasteiger partial charge in [-0.1, -0.05) is 0 Å². The highest BCUT2D eigenvalue weighted by atomic mass is 32.2. The third kappa shape index (κ3) is 3.86. The number of aromatic carboxylic acids is 1. The van der Waals surface area contributed by atoms with Gasteiger partial charge in [0.1, 0.15) is 10.6 Å². The molecule has 1 rings (SSSR count). The number of thioether (sulfide) groups is 1. The number of nitrogens with one attached hydrogen (secondary N) is 1. The molecule has 6 nitrogen and oxygen atoms in total. The molecule has 0 radical (unpaired) electrons. The minimum atomic E-state index is -1.08. The summed E-state index contributed by atoms with van der Waals surface area (Å²) in [7, 11) is 1.60. The van der Waals surface area contributed by atoms with Gasteiger partial charge in [0.25, 0.3) is 0 Å². The highest BCUT2D eigenvalue weighted by molar-refractivity contribution is 7.99. The zero-order valence-electron chi connectivity index (χ0n) is 9.65. The molecule has 94 valence electrons. The van der Waals surface area contributed by atoms with Crippen LogP contribution in [0.25, 0.3) is 0 Å². The second-order valence-corrected chi connectivity index (χ2v) is 4.43. The molecule has 0 aromatic carbocycles. The van der Waals surface area contributed by atoms with Gasteiger partial charge in [-0.2, -0.15) is 4.98 Å². The van der Waals surface area contributed by atoms with Crippen LogP contribution in [-0.4, -0.2) is 40.5 Å². The first-order valence-corrected chi connectivity index (χ1v) is 6.00. The minimum absolute atomic E-state index is 0.0621. The molecule has 7 heteroatoms. The van der Waals surface area contributed by atoms with E-state index in [-0.39, 0.29) is 10.6 Å². The third-order valence-corrected chi connectivity index (χ3v) is 3.09. The molecule has 0 bridgehead atoms. The Kier molecular flexibility index (Phi) is 5.17. The lowest BCUT2D eigenvalue weighted by atomic mass is 10.2. The van der Waals surface area contributed by atoms with Gasteiger partial charge in [-0.25, -0.2) is 9.59 Å². The van der Waals surface area contributed by atoms with Crippen molar-refractivity contribution in [3.05, 3.63) is 21.7 Å². The van der Waals surface area contributed by atoms with Crippen molar-refractivity contribution in [2.24, 2.45) is 0 Å². The highest BCUT2D eigenvalue weighted by Gasteiger charge is 2.16.